The number of nitrogens with one attached hydrogen (secondary N) is 1. The fraction of sp³-hybridized carbons (Fsp3) is 0.400. The number of anilines is 1. The van der Waals surface area contributed by atoms with E-state index in [1.54, 1.807) is 35.9 Å². The summed E-state index contributed by atoms with van der Waals surface area (Å²) in [5.74, 6) is 2.67. The van der Waals surface area contributed by atoms with Gasteiger partial charge in [-0.2, -0.15) is 0 Å². The first-order valence-electron chi connectivity index (χ1n) is 11.4. The topological polar surface area (TPSA) is 84.8 Å². The molecule has 2 aromatic carbocycles. The van der Waals surface area contributed by atoms with Gasteiger partial charge in [-0.15, -0.1) is 11.8 Å². The molecule has 0 radical (unpaired) electrons. The van der Waals surface area contributed by atoms with Crippen LogP contribution in [-0.2, 0) is 0 Å². The Bertz CT molecular complexity index is 1140. The van der Waals surface area contributed by atoms with Crippen LogP contribution in [-0.4, -0.2) is 67.5 Å². The number of methoxy groups -OCH3 is 3. The van der Waals surface area contributed by atoms with Crippen LogP contribution in [0, 0.1) is 0 Å². The van der Waals surface area contributed by atoms with Crippen LogP contribution < -0.4 is 19.5 Å². The zero-order valence-corrected chi connectivity index (χ0v) is 21.8. The molecule has 2 aromatic rings. The molecule has 2 amide bonds. The Morgan fingerprint density at radius 3 is 2.34 bits per heavy atom. The number of amides is 2. The minimum Gasteiger partial charge on any atom is -0.497 e. The third kappa shape index (κ3) is 5.36. The smallest absolute Gasteiger partial charge is 0.321 e. The summed E-state index contributed by atoms with van der Waals surface area (Å²) in [6.07, 6.45) is 1.29. The summed E-state index contributed by atoms with van der Waals surface area (Å²) in [5.41, 5.74) is 1.88. The van der Waals surface area contributed by atoms with Gasteiger partial charge in [-0.05, 0) is 36.1 Å². The molecule has 0 aliphatic carbocycles. The molecule has 0 bridgehead atoms. The van der Waals surface area contributed by atoms with E-state index in [1.165, 1.54) is 14.2 Å². The molecule has 0 aromatic heterocycles. The molecular formula is C25H29ClN4O4S. The SMILES string of the molecule is CCSC1=NC2(CCN(C(=O)Nc3cc(Cl)c(OC)cc3OC)CC2)N=C1c1ccc(OC)cc1. The number of rotatable bonds is 6. The summed E-state index contributed by atoms with van der Waals surface area (Å²) in [6, 6.07) is 11.0. The first-order valence-corrected chi connectivity index (χ1v) is 12.7. The van der Waals surface area contributed by atoms with E-state index < -0.39 is 5.66 Å². The average molecular weight is 517 g/mol. The number of likely N-dealkylation sites (tertiary alicyclic amines) is 1. The number of thioether (sulfide) groups is 1. The normalized spacial score (nSPS) is 16.5. The second kappa shape index (κ2) is 10.8. The van der Waals surface area contributed by atoms with E-state index in [4.69, 9.17) is 35.8 Å². The van der Waals surface area contributed by atoms with Gasteiger partial charge in [0.15, 0.2) is 5.66 Å². The molecule has 1 spiro atoms. The van der Waals surface area contributed by atoms with Crippen LogP contribution in [0.1, 0.15) is 25.3 Å². The number of piperidine rings is 1. The first kappa shape index (κ1) is 25.2. The number of aliphatic imine (C=N–C) groups is 2. The Kier molecular flexibility index (Phi) is 7.76. The lowest BCUT2D eigenvalue weighted by Crippen LogP contribution is -2.46. The van der Waals surface area contributed by atoms with Crippen molar-refractivity contribution >= 4 is 45.8 Å². The first-order chi connectivity index (χ1) is 16.9. The van der Waals surface area contributed by atoms with Gasteiger partial charge in [0.05, 0.1) is 37.8 Å². The number of hydrogen-bond donors (Lipinski definition) is 1. The van der Waals surface area contributed by atoms with Gasteiger partial charge in [0.2, 0.25) is 0 Å². The van der Waals surface area contributed by atoms with E-state index in [0.29, 0.717) is 48.1 Å². The van der Waals surface area contributed by atoms with Crippen LogP contribution in [0.3, 0.4) is 0 Å². The van der Waals surface area contributed by atoms with E-state index in [-0.39, 0.29) is 6.03 Å². The molecule has 2 aliphatic rings. The van der Waals surface area contributed by atoms with Crippen molar-refractivity contribution in [1.29, 1.82) is 0 Å². The number of nitrogens with zero attached hydrogens (tertiary/aromatic N) is 3. The van der Waals surface area contributed by atoms with Crippen LogP contribution in [0.4, 0.5) is 10.5 Å². The maximum atomic E-state index is 13.0. The van der Waals surface area contributed by atoms with Crippen molar-refractivity contribution in [3.63, 3.8) is 0 Å². The van der Waals surface area contributed by atoms with Gasteiger partial charge in [0.25, 0.3) is 0 Å². The highest BCUT2D eigenvalue weighted by Gasteiger charge is 2.40. The molecular weight excluding hydrogens is 488 g/mol. The lowest BCUT2D eigenvalue weighted by atomic mass is 9.98. The fourth-order valence-electron chi connectivity index (χ4n) is 4.14. The number of benzene rings is 2. The number of carbonyl (C=O) groups excluding carboxylic acids is 1. The predicted molar refractivity (Wildman–Crippen MR) is 142 cm³/mol. The van der Waals surface area contributed by atoms with E-state index in [1.807, 2.05) is 24.3 Å². The Morgan fingerprint density at radius 2 is 1.74 bits per heavy atom. The minimum absolute atomic E-state index is 0.219. The molecule has 35 heavy (non-hydrogen) atoms. The largest absolute Gasteiger partial charge is 0.497 e. The molecule has 186 valence electrons. The molecule has 0 atom stereocenters. The monoisotopic (exact) mass is 516 g/mol. The minimum atomic E-state index is -0.537. The lowest BCUT2D eigenvalue weighted by molar-refractivity contribution is 0.175. The van der Waals surface area contributed by atoms with Gasteiger partial charge < -0.3 is 24.4 Å². The summed E-state index contributed by atoms with van der Waals surface area (Å²) < 4.78 is 15.9. The highest BCUT2D eigenvalue weighted by molar-refractivity contribution is 8.15. The van der Waals surface area contributed by atoms with Gasteiger partial charge in [-0.25, -0.2) is 9.79 Å². The highest BCUT2D eigenvalue weighted by atomic mass is 35.5. The quantitative estimate of drug-likeness (QED) is 0.560. The van der Waals surface area contributed by atoms with Crippen molar-refractivity contribution in [2.45, 2.75) is 25.4 Å². The van der Waals surface area contributed by atoms with Crippen LogP contribution in [0.25, 0.3) is 0 Å². The molecule has 1 fully saturated rings. The maximum absolute atomic E-state index is 13.0. The second-order valence-corrected chi connectivity index (χ2v) is 9.79. The summed E-state index contributed by atoms with van der Waals surface area (Å²) in [7, 11) is 4.71. The number of carbonyl (C=O) groups is 1. The zero-order valence-electron chi connectivity index (χ0n) is 20.3. The number of ether oxygens (including phenoxy) is 3. The molecule has 1 N–H and O–H groups in total. The Hall–Kier alpha value is -2.91. The van der Waals surface area contributed by atoms with Gasteiger partial charge in [0.1, 0.15) is 22.3 Å². The third-order valence-electron chi connectivity index (χ3n) is 6.04. The summed E-state index contributed by atoms with van der Waals surface area (Å²) >= 11 is 7.94. The summed E-state index contributed by atoms with van der Waals surface area (Å²) in [5, 5.41) is 4.25. The third-order valence-corrected chi connectivity index (χ3v) is 7.19. The second-order valence-electron chi connectivity index (χ2n) is 8.13. The van der Waals surface area contributed by atoms with Gasteiger partial charge in [0, 0.05) is 37.6 Å². The van der Waals surface area contributed by atoms with Crippen LogP contribution >= 0.6 is 23.4 Å². The molecule has 10 heteroatoms. The number of urea groups is 1. The van der Waals surface area contributed by atoms with Gasteiger partial charge in [-0.3, -0.25) is 4.99 Å². The Balaban J connectivity index is 1.47. The highest BCUT2D eigenvalue weighted by Crippen LogP contribution is 2.38. The van der Waals surface area contributed by atoms with Gasteiger partial charge >= 0.3 is 6.03 Å². The molecule has 4 rings (SSSR count). The maximum Gasteiger partial charge on any atom is 0.321 e. The standard InChI is InChI=1S/C25H29ClN4O4S/c1-5-35-23-22(16-6-8-17(32-2)9-7-16)28-25(29-23)10-12-30(13-11-25)24(31)27-19-14-18(26)20(33-3)15-21(19)34-4/h6-9,14-15H,5,10-13H2,1-4H3,(H,27,31). The zero-order chi connectivity index (χ0) is 25.0. The fourth-order valence-corrected chi connectivity index (χ4v) is 5.19. The van der Waals surface area contributed by atoms with E-state index >= 15 is 0 Å². The van der Waals surface area contributed by atoms with Crippen molar-refractivity contribution in [2.75, 3.05) is 45.5 Å². The van der Waals surface area contributed by atoms with Crippen LogP contribution in [0.15, 0.2) is 46.4 Å². The van der Waals surface area contributed by atoms with Crippen LogP contribution in [0.5, 0.6) is 17.2 Å². The number of hydrogen-bond acceptors (Lipinski definition) is 7. The molecule has 0 unspecified atom stereocenters. The van der Waals surface area contributed by atoms with E-state index in [2.05, 4.69) is 12.2 Å². The lowest BCUT2D eigenvalue weighted by Gasteiger charge is -2.35. The Labute approximate surface area is 214 Å². The predicted octanol–water partition coefficient (Wildman–Crippen LogP) is 5.34. The number of halogens is 1. The van der Waals surface area contributed by atoms with E-state index in [0.717, 1.165) is 27.8 Å². The van der Waals surface area contributed by atoms with Crippen molar-refractivity contribution < 1.29 is 19.0 Å². The molecule has 2 aliphatic heterocycles. The Morgan fingerprint density at radius 1 is 1.06 bits per heavy atom. The van der Waals surface area contributed by atoms with E-state index in [9.17, 15) is 4.79 Å². The molecule has 2 heterocycles. The van der Waals surface area contributed by atoms with Crippen molar-refractivity contribution in [3.05, 3.63) is 47.0 Å². The van der Waals surface area contributed by atoms with Crippen molar-refractivity contribution in [3.8, 4) is 17.2 Å². The van der Waals surface area contributed by atoms with Crippen molar-refractivity contribution in [2.24, 2.45) is 9.98 Å². The van der Waals surface area contributed by atoms with Gasteiger partial charge in [-0.1, -0.05) is 18.5 Å². The molecule has 8 nitrogen and oxygen atoms in total. The molecule has 1 saturated heterocycles. The summed E-state index contributed by atoms with van der Waals surface area (Å²) in [6.45, 7) is 3.17. The van der Waals surface area contributed by atoms with Crippen LogP contribution in [0.2, 0.25) is 5.02 Å². The average Bonchev–Trinajstić information content (AvgIpc) is 3.22. The van der Waals surface area contributed by atoms with Crippen molar-refractivity contribution in [1.82, 2.24) is 4.90 Å². The molecule has 0 saturated carbocycles. The summed E-state index contributed by atoms with van der Waals surface area (Å²) in [4.78, 5) is 24.9.